The normalized spacial score (nSPS) is 12.6. The molecule has 1 atom stereocenters. The van der Waals surface area contributed by atoms with Crippen LogP contribution in [0.5, 0.6) is 17.2 Å². The summed E-state index contributed by atoms with van der Waals surface area (Å²) >= 11 is 0. The number of nitrogens with two attached hydrogens (primary N) is 1. The quantitative estimate of drug-likeness (QED) is 0.768. The van der Waals surface area contributed by atoms with E-state index in [1.165, 1.54) is 0 Å². The van der Waals surface area contributed by atoms with Gasteiger partial charge >= 0.3 is 0 Å². The minimum atomic E-state index is -0.509. The van der Waals surface area contributed by atoms with E-state index < -0.39 is 11.5 Å². The Kier molecular flexibility index (Phi) is 6.28. The molecule has 2 aromatic rings. The number of hydrogen-bond acceptors (Lipinski definition) is 5. The van der Waals surface area contributed by atoms with E-state index in [-0.39, 0.29) is 6.61 Å². The molecule has 3 N–H and O–H groups in total. The summed E-state index contributed by atoms with van der Waals surface area (Å²) in [5.41, 5.74) is 7.75. The summed E-state index contributed by atoms with van der Waals surface area (Å²) in [6.07, 6.45) is 0. The second-order valence-electron chi connectivity index (χ2n) is 6.64. The van der Waals surface area contributed by atoms with Crippen LogP contribution in [0.1, 0.15) is 31.0 Å². The largest absolute Gasteiger partial charge is 0.493 e. The number of aliphatic hydroxyl groups is 1. The average Bonchev–Trinajstić information content (AvgIpc) is 2.65. The lowest BCUT2D eigenvalue weighted by Crippen LogP contribution is -2.32. The molecule has 0 saturated heterocycles. The molecule has 0 aromatic heterocycles. The van der Waals surface area contributed by atoms with Crippen LogP contribution in [0.3, 0.4) is 0 Å². The lowest BCUT2D eigenvalue weighted by Gasteiger charge is -2.31. The van der Waals surface area contributed by atoms with Gasteiger partial charge in [-0.15, -0.1) is 0 Å². The minimum Gasteiger partial charge on any atom is -0.493 e. The SMILES string of the molecule is COc1cc(OCc2ccccc2)c([C@H](N)C(C)(C)CO)cc1OC. The molecule has 5 nitrogen and oxygen atoms in total. The van der Waals surface area contributed by atoms with Gasteiger partial charge in [0, 0.05) is 29.7 Å². The van der Waals surface area contributed by atoms with E-state index in [9.17, 15) is 5.11 Å². The van der Waals surface area contributed by atoms with E-state index in [0.717, 1.165) is 11.1 Å². The number of ether oxygens (including phenoxy) is 3. The van der Waals surface area contributed by atoms with Crippen LogP contribution in [0.4, 0.5) is 0 Å². The number of rotatable bonds is 8. The van der Waals surface area contributed by atoms with Gasteiger partial charge in [0.1, 0.15) is 12.4 Å². The summed E-state index contributed by atoms with van der Waals surface area (Å²) in [7, 11) is 3.16. The lowest BCUT2D eigenvalue weighted by atomic mass is 9.81. The number of hydrogen-bond donors (Lipinski definition) is 2. The molecule has 2 rings (SSSR count). The average molecular weight is 345 g/mol. The van der Waals surface area contributed by atoms with Gasteiger partial charge in [0.25, 0.3) is 0 Å². The topological polar surface area (TPSA) is 73.9 Å². The standard InChI is InChI=1S/C20H27NO4/c1-20(2,13-22)19(21)15-10-17(23-3)18(24-4)11-16(15)25-12-14-8-6-5-7-9-14/h5-11,19,22H,12-13,21H2,1-4H3/t19-/m0/s1. The Bertz CT molecular complexity index is 686. The van der Waals surface area contributed by atoms with Gasteiger partial charge in [0.15, 0.2) is 11.5 Å². The maximum absolute atomic E-state index is 9.68. The highest BCUT2D eigenvalue weighted by Crippen LogP contribution is 2.42. The van der Waals surface area contributed by atoms with E-state index in [1.807, 2.05) is 50.2 Å². The van der Waals surface area contributed by atoms with Crippen LogP contribution in [0.25, 0.3) is 0 Å². The molecule has 5 heteroatoms. The third-order valence-electron chi connectivity index (χ3n) is 4.34. The van der Waals surface area contributed by atoms with Gasteiger partial charge in [0.05, 0.1) is 14.2 Å². The zero-order valence-corrected chi connectivity index (χ0v) is 15.3. The predicted octanol–water partition coefficient (Wildman–Crippen LogP) is 3.30. The fourth-order valence-corrected chi connectivity index (χ4v) is 2.50. The highest BCUT2D eigenvalue weighted by atomic mass is 16.5. The third kappa shape index (κ3) is 4.44. The second-order valence-corrected chi connectivity index (χ2v) is 6.64. The van der Waals surface area contributed by atoms with Gasteiger partial charge in [-0.25, -0.2) is 0 Å². The lowest BCUT2D eigenvalue weighted by molar-refractivity contribution is 0.130. The molecule has 0 saturated carbocycles. The van der Waals surface area contributed by atoms with Gasteiger partial charge in [-0.05, 0) is 11.6 Å². The highest BCUT2D eigenvalue weighted by molar-refractivity contribution is 5.52. The molecule has 0 unspecified atom stereocenters. The highest BCUT2D eigenvalue weighted by Gasteiger charge is 2.30. The first kappa shape index (κ1) is 19.1. The molecule has 0 aliphatic rings. The second kappa shape index (κ2) is 8.23. The van der Waals surface area contributed by atoms with Crippen LogP contribution in [-0.4, -0.2) is 25.9 Å². The van der Waals surface area contributed by atoms with Crippen LogP contribution < -0.4 is 19.9 Å². The van der Waals surface area contributed by atoms with Crippen molar-refractivity contribution in [2.24, 2.45) is 11.1 Å². The summed E-state index contributed by atoms with van der Waals surface area (Å²) in [5, 5.41) is 9.68. The number of methoxy groups -OCH3 is 2. The third-order valence-corrected chi connectivity index (χ3v) is 4.34. The molecule has 25 heavy (non-hydrogen) atoms. The Hall–Kier alpha value is -2.24. The van der Waals surface area contributed by atoms with Crippen molar-refractivity contribution < 1.29 is 19.3 Å². The van der Waals surface area contributed by atoms with Gasteiger partial charge in [0.2, 0.25) is 0 Å². The maximum Gasteiger partial charge on any atom is 0.164 e. The summed E-state index contributed by atoms with van der Waals surface area (Å²) < 4.78 is 16.8. The molecule has 0 heterocycles. The van der Waals surface area contributed by atoms with Crippen molar-refractivity contribution >= 4 is 0 Å². The van der Waals surface area contributed by atoms with Gasteiger partial charge < -0.3 is 25.1 Å². The fraction of sp³-hybridized carbons (Fsp3) is 0.400. The number of aliphatic hydroxyl groups excluding tert-OH is 1. The van der Waals surface area contributed by atoms with E-state index in [2.05, 4.69) is 0 Å². The van der Waals surface area contributed by atoms with Crippen LogP contribution in [0, 0.1) is 5.41 Å². The molecule has 0 spiro atoms. The van der Waals surface area contributed by atoms with Gasteiger partial charge in [-0.3, -0.25) is 0 Å². The maximum atomic E-state index is 9.68. The smallest absolute Gasteiger partial charge is 0.164 e. The molecule has 0 bridgehead atoms. The van der Waals surface area contributed by atoms with E-state index in [4.69, 9.17) is 19.9 Å². The van der Waals surface area contributed by atoms with Crippen molar-refractivity contribution in [1.29, 1.82) is 0 Å². The first-order valence-corrected chi connectivity index (χ1v) is 8.22. The molecule has 0 amide bonds. The van der Waals surface area contributed by atoms with Crippen LogP contribution in [0.15, 0.2) is 42.5 Å². The zero-order chi connectivity index (χ0) is 18.4. The van der Waals surface area contributed by atoms with E-state index >= 15 is 0 Å². The molecule has 0 fully saturated rings. The van der Waals surface area contributed by atoms with Gasteiger partial charge in [-0.1, -0.05) is 44.2 Å². The molecular weight excluding hydrogens is 318 g/mol. The Balaban J connectivity index is 2.40. The van der Waals surface area contributed by atoms with Crippen LogP contribution in [-0.2, 0) is 6.61 Å². The van der Waals surface area contributed by atoms with Crippen molar-refractivity contribution in [3.63, 3.8) is 0 Å². The number of benzene rings is 2. The Morgan fingerprint density at radius 2 is 1.60 bits per heavy atom. The van der Waals surface area contributed by atoms with Crippen LogP contribution >= 0.6 is 0 Å². The van der Waals surface area contributed by atoms with Crippen molar-refractivity contribution in [1.82, 2.24) is 0 Å². The van der Waals surface area contributed by atoms with Crippen molar-refractivity contribution in [2.45, 2.75) is 26.5 Å². The van der Waals surface area contributed by atoms with Crippen molar-refractivity contribution in [3.8, 4) is 17.2 Å². The summed E-state index contributed by atoms with van der Waals surface area (Å²) in [6.45, 7) is 4.20. The molecule has 0 aliphatic heterocycles. The molecule has 0 radical (unpaired) electrons. The van der Waals surface area contributed by atoms with Crippen LogP contribution in [0.2, 0.25) is 0 Å². The Labute approximate surface area is 149 Å². The zero-order valence-electron chi connectivity index (χ0n) is 15.3. The first-order valence-electron chi connectivity index (χ1n) is 8.22. The first-order chi connectivity index (χ1) is 11.9. The summed E-state index contributed by atoms with van der Waals surface area (Å²) in [6, 6.07) is 13.1. The summed E-state index contributed by atoms with van der Waals surface area (Å²) in [5.74, 6) is 1.77. The monoisotopic (exact) mass is 345 g/mol. The van der Waals surface area contributed by atoms with E-state index in [1.54, 1.807) is 20.3 Å². The van der Waals surface area contributed by atoms with Crippen molar-refractivity contribution in [2.75, 3.05) is 20.8 Å². The molecule has 2 aromatic carbocycles. The Morgan fingerprint density at radius 3 is 2.16 bits per heavy atom. The fourth-order valence-electron chi connectivity index (χ4n) is 2.50. The molecule has 0 aliphatic carbocycles. The van der Waals surface area contributed by atoms with Crippen molar-refractivity contribution in [3.05, 3.63) is 53.6 Å². The minimum absolute atomic E-state index is 0.0410. The molecular formula is C20H27NO4. The van der Waals surface area contributed by atoms with Gasteiger partial charge in [-0.2, -0.15) is 0 Å². The summed E-state index contributed by atoms with van der Waals surface area (Å²) in [4.78, 5) is 0. The Morgan fingerprint density at radius 1 is 1.00 bits per heavy atom. The predicted molar refractivity (Wildman–Crippen MR) is 98.1 cm³/mol. The van der Waals surface area contributed by atoms with E-state index in [0.29, 0.717) is 23.9 Å². The molecule has 136 valence electrons.